The van der Waals surface area contributed by atoms with E-state index in [9.17, 15) is 9.90 Å². The van der Waals surface area contributed by atoms with Gasteiger partial charge in [0.2, 0.25) is 0 Å². The first-order valence-corrected chi connectivity index (χ1v) is 6.71. The van der Waals surface area contributed by atoms with Crippen LogP contribution in [0.2, 0.25) is 0 Å². The highest BCUT2D eigenvalue weighted by atomic mass is 32.2. The van der Waals surface area contributed by atoms with Crippen LogP contribution < -0.4 is 0 Å². The Morgan fingerprint density at radius 3 is 2.81 bits per heavy atom. The Morgan fingerprint density at radius 2 is 2.19 bits per heavy atom. The van der Waals surface area contributed by atoms with Gasteiger partial charge in [-0.05, 0) is 37.3 Å². The molecule has 0 aliphatic heterocycles. The normalized spacial score (nSPS) is 10.4. The minimum absolute atomic E-state index is 0.0415. The van der Waals surface area contributed by atoms with Crippen LogP contribution in [-0.2, 0) is 5.75 Å². The molecule has 0 radical (unpaired) electrons. The quantitative estimate of drug-likeness (QED) is 0.607. The zero-order chi connectivity index (χ0) is 12.0. The second kappa shape index (κ2) is 6.59. The van der Waals surface area contributed by atoms with Gasteiger partial charge >= 0.3 is 0 Å². The van der Waals surface area contributed by atoms with Gasteiger partial charge in [0, 0.05) is 16.9 Å². The Morgan fingerprint density at radius 1 is 1.44 bits per heavy atom. The third kappa shape index (κ3) is 3.89. The molecule has 0 amide bonds. The lowest BCUT2D eigenvalue weighted by Gasteiger charge is -2.06. The summed E-state index contributed by atoms with van der Waals surface area (Å²) in [5, 5.41) is 9.65. The number of ketones is 1. The summed E-state index contributed by atoms with van der Waals surface area (Å²) in [5.41, 5.74) is 1.53. The molecular weight excluding hydrogens is 220 g/mol. The molecule has 0 fully saturated rings. The van der Waals surface area contributed by atoms with Crippen LogP contribution in [0.3, 0.4) is 0 Å². The van der Waals surface area contributed by atoms with Crippen molar-refractivity contribution >= 4 is 17.5 Å². The first kappa shape index (κ1) is 13.1. The van der Waals surface area contributed by atoms with E-state index in [4.69, 9.17) is 0 Å². The van der Waals surface area contributed by atoms with Crippen LogP contribution in [0.5, 0.6) is 5.75 Å². The fraction of sp³-hybridized carbons (Fsp3) is 0.462. The van der Waals surface area contributed by atoms with E-state index >= 15 is 0 Å². The minimum Gasteiger partial charge on any atom is -0.508 e. The molecule has 0 atom stereocenters. The third-order valence-electron chi connectivity index (χ3n) is 2.39. The van der Waals surface area contributed by atoms with Gasteiger partial charge in [-0.3, -0.25) is 4.79 Å². The Kier molecular flexibility index (Phi) is 5.39. The van der Waals surface area contributed by atoms with Crippen molar-refractivity contribution < 1.29 is 9.90 Å². The Hall–Kier alpha value is -0.960. The van der Waals surface area contributed by atoms with Crippen molar-refractivity contribution in [2.45, 2.75) is 32.4 Å². The summed E-state index contributed by atoms with van der Waals surface area (Å²) in [6, 6.07) is 5.06. The average Bonchev–Trinajstić information content (AvgIpc) is 2.26. The van der Waals surface area contributed by atoms with Gasteiger partial charge in [0.05, 0.1) is 0 Å². The lowest BCUT2D eigenvalue weighted by atomic mass is 10.1. The fourth-order valence-electron chi connectivity index (χ4n) is 1.35. The molecule has 3 heteroatoms. The van der Waals surface area contributed by atoms with E-state index in [2.05, 4.69) is 6.92 Å². The van der Waals surface area contributed by atoms with Gasteiger partial charge in [0.15, 0.2) is 5.78 Å². The Bertz CT molecular complexity index is 361. The van der Waals surface area contributed by atoms with Crippen LogP contribution in [0, 0.1) is 0 Å². The van der Waals surface area contributed by atoms with Crippen molar-refractivity contribution in [3.8, 4) is 5.75 Å². The fourth-order valence-corrected chi connectivity index (χ4v) is 2.44. The number of carbonyl (C=O) groups is 1. The second-order valence-corrected chi connectivity index (χ2v) is 4.91. The van der Waals surface area contributed by atoms with Gasteiger partial charge in [-0.15, -0.1) is 0 Å². The lowest BCUT2D eigenvalue weighted by molar-refractivity contribution is 0.101. The van der Waals surface area contributed by atoms with E-state index in [0.29, 0.717) is 5.56 Å². The standard InChI is InChI=1S/C13H18O2S/c1-3-4-7-16-9-12-8-11(10(2)14)5-6-13(12)15/h5-6,8,15H,3-4,7,9H2,1-2H3. The predicted molar refractivity (Wildman–Crippen MR) is 69.2 cm³/mol. The van der Waals surface area contributed by atoms with E-state index in [1.165, 1.54) is 12.8 Å². The first-order valence-electron chi connectivity index (χ1n) is 5.55. The predicted octanol–water partition coefficient (Wildman–Crippen LogP) is 3.63. The van der Waals surface area contributed by atoms with Crippen LogP contribution >= 0.6 is 11.8 Å². The molecular formula is C13H18O2S. The molecule has 0 unspecified atom stereocenters. The smallest absolute Gasteiger partial charge is 0.159 e. The van der Waals surface area contributed by atoms with E-state index < -0.39 is 0 Å². The van der Waals surface area contributed by atoms with Gasteiger partial charge in [0.1, 0.15) is 5.75 Å². The van der Waals surface area contributed by atoms with Crippen LogP contribution in [-0.4, -0.2) is 16.6 Å². The summed E-state index contributed by atoms with van der Waals surface area (Å²) in [6.07, 6.45) is 2.38. The molecule has 1 aromatic rings. The number of hydrogen-bond acceptors (Lipinski definition) is 3. The Balaban J connectivity index is 2.63. The molecule has 0 aliphatic carbocycles. The number of rotatable bonds is 6. The minimum atomic E-state index is 0.0415. The van der Waals surface area contributed by atoms with Gasteiger partial charge in [0.25, 0.3) is 0 Å². The van der Waals surface area contributed by atoms with Crippen LogP contribution in [0.15, 0.2) is 18.2 Å². The maximum atomic E-state index is 11.2. The molecule has 0 spiro atoms. The maximum Gasteiger partial charge on any atom is 0.159 e. The summed E-state index contributed by atoms with van der Waals surface area (Å²) in [6.45, 7) is 3.70. The highest BCUT2D eigenvalue weighted by Crippen LogP contribution is 2.24. The topological polar surface area (TPSA) is 37.3 Å². The molecule has 0 aromatic heterocycles. The van der Waals surface area contributed by atoms with Crippen LogP contribution in [0.1, 0.15) is 42.6 Å². The van der Waals surface area contributed by atoms with Crippen molar-refractivity contribution in [3.05, 3.63) is 29.3 Å². The molecule has 0 saturated heterocycles. The number of aromatic hydroxyl groups is 1. The summed E-state index contributed by atoms with van der Waals surface area (Å²) < 4.78 is 0. The van der Waals surface area contributed by atoms with Gasteiger partial charge in [-0.1, -0.05) is 13.3 Å². The van der Waals surface area contributed by atoms with E-state index in [1.807, 2.05) is 0 Å². The zero-order valence-electron chi connectivity index (χ0n) is 9.82. The summed E-state index contributed by atoms with van der Waals surface area (Å²) in [7, 11) is 0. The molecule has 0 bridgehead atoms. The number of hydrogen-bond donors (Lipinski definition) is 1. The average molecular weight is 238 g/mol. The number of carbonyl (C=O) groups excluding carboxylic acids is 1. The van der Waals surface area contributed by atoms with E-state index in [0.717, 1.165) is 17.1 Å². The highest BCUT2D eigenvalue weighted by Gasteiger charge is 2.05. The van der Waals surface area contributed by atoms with Gasteiger partial charge in [-0.2, -0.15) is 11.8 Å². The number of phenols is 1. The molecule has 1 aromatic carbocycles. The molecule has 1 N–H and O–H groups in total. The SMILES string of the molecule is CCCCSCc1cc(C(C)=O)ccc1O. The van der Waals surface area contributed by atoms with Crippen molar-refractivity contribution in [1.29, 1.82) is 0 Å². The lowest BCUT2D eigenvalue weighted by Crippen LogP contribution is -1.94. The first-order chi connectivity index (χ1) is 7.65. The Labute approximate surface area is 101 Å². The maximum absolute atomic E-state index is 11.2. The molecule has 0 heterocycles. The largest absolute Gasteiger partial charge is 0.508 e. The number of phenolic OH excluding ortho intramolecular Hbond substituents is 1. The molecule has 0 saturated carbocycles. The van der Waals surface area contributed by atoms with Gasteiger partial charge < -0.3 is 5.11 Å². The number of Topliss-reactive ketones (excluding diaryl/α,β-unsaturated/α-hetero) is 1. The number of unbranched alkanes of at least 4 members (excludes halogenated alkanes) is 1. The highest BCUT2D eigenvalue weighted by molar-refractivity contribution is 7.98. The van der Waals surface area contributed by atoms with Crippen LogP contribution in [0.25, 0.3) is 0 Å². The molecule has 16 heavy (non-hydrogen) atoms. The van der Waals surface area contributed by atoms with Crippen molar-refractivity contribution in [3.63, 3.8) is 0 Å². The monoisotopic (exact) mass is 238 g/mol. The number of thioether (sulfide) groups is 1. The molecule has 88 valence electrons. The van der Waals surface area contributed by atoms with Crippen LogP contribution in [0.4, 0.5) is 0 Å². The van der Waals surface area contributed by atoms with Crippen molar-refractivity contribution in [2.24, 2.45) is 0 Å². The second-order valence-electron chi connectivity index (χ2n) is 3.81. The zero-order valence-corrected chi connectivity index (χ0v) is 10.6. The summed E-state index contributed by atoms with van der Waals surface area (Å²) >= 11 is 1.79. The van der Waals surface area contributed by atoms with Crippen molar-refractivity contribution in [1.82, 2.24) is 0 Å². The summed E-state index contributed by atoms with van der Waals surface area (Å²) in [4.78, 5) is 11.2. The van der Waals surface area contributed by atoms with E-state index in [1.54, 1.807) is 36.9 Å². The summed E-state index contributed by atoms with van der Waals surface area (Å²) in [5.74, 6) is 2.20. The van der Waals surface area contributed by atoms with Gasteiger partial charge in [-0.25, -0.2) is 0 Å². The number of benzene rings is 1. The molecule has 0 aliphatic rings. The molecule has 1 rings (SSSR count). The van der Waals surface area contributed by atoms with Crippen molar-refractivity contribution in [2.75, 3.05) is 5.75 Å². The third-order valence-corrected chi connectivity index (χ3v) is 3.48. The molecule has 2 nitrogen and oxygen atoms in total. The van der Waals surface area contributed by atoms with E-state index in [-0.39, 0.29) is 11.5 Å².